The molecule has 0 aliphatic carbocycles. The number of carbonyl (C=O) groups is 1. The molecular weight excluding hydrogens is 374 g/mol. The largest absolute Gasteiger partial charge is 0.423 e. The molecule has 0 unspecified atom stereocenters. The molecule has 0 saturated carbocycles. The van der Waals surface area contributed by atoms with Crippen LogP contribution in [0.25, 0.3) is 0 Å². The van der Waals surface area contributed by atoms with Crippen LogP contribution in [0, 0.1) is 0 Å². The van der Waals surface area contributed by atoms with Crippen LogP contribution in [0.4, 0.5) is 0 Å². The SMILES string of the molecule is CSc1ccc(OC(=O)c2ccc(S(=O)(=O)N3CCOCC3)cc2)cc1. The van der Waals surface area contributed by atoms with Crippen molar-refractivity contribution in [3.8, 4) is 5.75 Å². The van der Waals surface area contributed by atoms with Crippen LogP contribution in [0.3, 0.4) is 0 Å². The maximum atomic E-state index is 12.6. The lowest BCUT2D eigenvalue weighted by atomic mass is 10.2. The van der Waals surface area contributed by atoms with Gasteiger partial charge >= 0.3 is 5.97 Å². The highest BCUT2D eigenvalue weighted by atomic mass is 32.2. The number of sulfonamides is 1. The molecule has 1 aliphatic heterocycles. The summed E-state index contributed by atoms with van der Waals surface area (Å²) in [4.78, 5) is 13.5. The second kappa shape index (κ2) is 8.22. The van der Waals surface area contributed by atoms with E-state index in [9.17, 15) is 13.2 Å². The third-order valence-electron chi connectivity index (χ3n) is 3.97. The van der Waals surface area contributed by atoms with Gasteiger partial charge in [0.25, 0.3) is 0 Å². The van der Waals surface area contributed by atoms with E-state index in [2.05, 4.69) is 0 Å². The Morgan fingerprint density at radius 2 is 1.65 bits per heavy atom. The van der Waals surface area contributed by atoms with Crippen molar-refractivity contribution < 1.29 is 22.7 Å². The number of rotatable bonds is 5. The number of carbonyl (C=O) groups excluding carboxylic acids is 1. The quantitative estimate of drug-likeness (QED) is 0.442. The number of benzene rings is 2. The van der Waals surface area contributed by atoms with Crippen molar-refractivity contribution in [1.82, 2.24) is 4.31 Å². The molecule has 3 rings (SSSR count). The molecule has 0 amide bonds. The third kappa shape index (κ3) is 4.27. The lowest BCUT2D eigenvalue weighted by Crippen LogP contribution is -2.40. The monoisotopic (exact) mass is 393 g/mol. The zero-order chi connectivity index (χ0) is 18.6. The Morgan fingerprint density at radius 3 is 2.23 bits per heavy atom. The predicted octanol–water partition coefficient (Wildman–Crippen LogP) is 2.65. The van der Waals surface area contributed by atoms with Crippen LogP contribution in [0.2, 0.25) is 0 Å². The number of hydrogen-bond donors (Lipinski definition) is 0. The summed E-state index contributed by atoms with van der Waals surface area (Å²) in [5.41, 5.74) is 0.292. The van der Waals surface area contributed by atoms with E-state index >= 15 is 0 Å². The smallest absolute Gasteiger partial charge is 0.343 e. The highest BCUT2D eigenvalue weighted by Crippen LogP contribution is 2.21. The Labute approximate surface area is 157 Å². The highest BCUT2D eigenvalue weighted by Gasteiger charge is 2.26. The molecule has 2 aromatic rings. The van der Waals surface area contributed by atoms with E-state index in [0.29, 0.717) is 37.6 Å². The first-order valence-electron chi connectivity index (χ1n) is 8.05. The first-order chi connectivity index (χ1) is 12.5. The Kier molecular flexibility index (Phi) is 5.98. The van der Waals surface area contributed by atoms with Gasteiger partial charge in [0.2, 0.25) is 10.0 Å². The molecule has 0 bridgehead atoms. The summed E-state index contributed by atoms with van der Waals surface area (Å²) in [7, 11) is -3.57. The fourth-order valence-corrected chi connectivity index (χ4v) is 4.32. The van der Waals surface area contributed by atoms with Crippen LogP contribution in [0.1, 0.15) is 10.4 Å². The number of morpholine rings is 1. The van der Waals surface area contributed by atoms with E-state index in [-0.39, 0.29) is 4.90 Å². The van der Waals surface area contributed by atoms with Gasteiger partial charge in [-0.1, -0.05) is 0 Å². The standard InChI is InChI=1S/C18H19NO5S2/c1-25-16-6-4-15(5-7-16)24-18(20)14-2-8-17(9-3-14)26(21,22)19-10-12-23-13-11-19/h2-9H,10-13H2,1H3. The minimum absolute atomic E-state index is 0.153. The lowest BCUT2D eigenvalue weighted by molar-refractivity contribution is 0.0730. The first kappa shape index (κ1) is 18.9. The molecule has 0 atom stereocenters. The molecule has 26 heavy (non-hydrogen) atoms. The molecule has 0 spiro atoms. The third-order valence-corrected chi connectivity index (χ3v) is 6.62. The maximum Gasteiger partial charge on any atom is 0.343 e. The topological polar surface area (TPSA) is 72.9 Å². The summed E-state index contributed by atoms with van der Waals surface area (Å²) >= 11 is 1.60. The van der Waals surface area contributed by atoms with Crippen LogP contribution >= 0.6 is 11.8 Å². The van der Waals surface area contributed by atoms with Gasteiger partial charge in [-0.25, -0.2) is 13.2 Å². The molecule has 1 fully saturated rings. The van der Waals surface area contributed by atoms with E-state index in [1.807, 2.05) is 18.4 Å². The first-order valence-corrected chi connectivity index (χ1v) is 10.7. The van der Waals surface area contributed by atoms with Gasteiger partial charge in [0, 0.05) is 18.0 Å². The molecule has 6 nitrogen and oxygen atoms in total. The van der Waals surface area contributed by atoms with Crippen LogP contribution in [0.5, 0.6) is 5.75 Å². The summed E-state index contributed by atoms with van der Waals surface area (Å²) in [6.45, 7) is 1.44. The van der Waals surface area contributed by atoms with Crippen LogP contribution in [0.15, 0.2) is 58.3 Å². The summed E-state index contributed by atoms with van der Waals surface area (Å²) in [5.74, 6) is -0.0879. The summed E-state index contributed by atoms with van der Waals surface area (Å²) in [6.07, 6.45) is 1.97. The van der Waals surface area contributed by atoms with Crippen molar-refractivity contribution in [2.24, 2.45) is 0 Å². The number of hydrogen-bond acceptors (Lipinski definition) is 6. The molecule has 1 saturated heterocycles. The number of nitrogens with zero attached hydrogens (tertiary/aromatic N) is 1. The van der Waals surface area contributed by atoms with Gasteiger partial charge in [-0.2, -0.15) is 4.31 Å². The second-order valence-electron chi connectivity index (χ2n) is 5.61. The van der Waals surface area contributed by atoms with E-state index in [0.717, 1.165) is 4.90 Å². The molecule has 0 radical (unpaired) electrons. The Morgan fingerprint density at radius 1 is 1.04 bits per heavy atom. The van der Waals surface area contributed by atoms with E-state index in [4.69, 9.17) is 9.47 Å². The fourth-order valence-electron chi connectivity index (χ4n) is 2.51. The molecule has 138 valence electrons. The second-order valence-corrected chi connectivity index (χ2v) is 8.42. The molecular formula is C18H19NO5S2. The lowest BCUT2D eigenvalue weighted by Gasteiger charge is -2.26. The molecule has 1 aliphatic rings. The van der Waals surface area contributed by atoms with Crippen molar-refractivity contribution in [2.45, 2.75) is 9.79 Å². The minimum Gasteiger partial charge on any atom is -0.423 e. The zero-order valence-corrected chi connectivity index (χ0v) is 15.9. The van der Waals surface area contributed by atoms with Crippen molar-refractivity contribution in [1.29, 1.82) is 0 Å². The Bertz CT molecular complexity index is 857. The normalized spacial score (nSPS) is 15.6. The van der Waals surface area contributed by atoms with Gasteiger partial charge in [-0.15, -0.1) is 11.8 Å². The van der Waals surface area contributed by atoms with Crippen molar-refractivity contribution >= 4 is 27.8 Å². The Hall–Kier alpha value is -1.87. The van der Waals surface area contributed by atoms with Crippen LogP contribution < -0.4 is 4.74 Å². The summed E-state index contributed by atoms with van der Waals surface area (Å²) in [6, 6.07) is 13.0. The van der Waals surface area contributed by atoms with Gasteiger partial charge < -0.3 is 9.47 Å². The summed E-state index contributed by atoms with van der Waals surface area (Å²) < 4.78 is 37.0. The Balaban J connectivity index is 1.70. The molecule has 0 aromatic heterocycles. The maximum absolute atomic E-state index is 12.6. The average molecular weight is 393 g/mol. The molecule has 8 heteroatoms. The zero-order valence-electron chi connectivity index (χ0n) is 14.3. The average Bonchev–Trinajstić information content (AvgIpc) is 2.69. The number of ether oxygens (including phenoxy) is 2. The molecule has 2 aromatic carbocycles. The van der Waals surface area contributed by atoms with Crippen LogP contribution in [-0.2, 0) is 14.8 Å². The van der Waals surface area contributed by atoms with Crippen molar-refractivity contribution in [3.63, 3.8) is 0 Å². The predicted molar refractivity (Wildman–Crippen MR) is 99.2 cm³/mol. The highest BCUT2D eigenvalue weighted by molar-refractivity contribution is 7.98. The van der Waals surface area contributed by atoms with Gasteiger partial charge in [0.15, 0.2) is 0 Å². The van der Waals surface area contributed by atoms with Gasteiger partial charge in [-0.05, 0) is 54.8 Å². The van der Waals surface area contributed by atoms with Crippen LogP contribution in [-0.4, -0.2) is 51.3 Å². The van der Waals surface area contributed by atoms with Gasteiger partial charge in [0.05, 0.1) is 23.7 Å². The molecule has 1 heterocycles. The minimum atomic E-state index is -3.57. The molecule has 0 N–H and O–H groups in total. The fraction of sp³-hybridized carbons (Fsp3) is 0.278. The van der Waals surface area contributed by atoms with Gasteiger partial charge in [-0.3, -0.25) is 0 Å². The van der Waals surface area contributed by atoms with Gasteiger partial charge in [0.1, 0.15) is 5.75 Å². The number of thioether (sulfide) groups is 1. The van der Waals surface area contributed by atoms with Crippen molar-refractivity contribution in [2.75, 3.05) is 32.6 Å². The summed E-state index contributed by atoms with van der Waals surface area (Å²) in [5, 5.41) is 0. The van der Waals surface area contributed by atoms with E-state index < -0.39 is 16.0 Å². The van der Waals surface area contributed by atoms with E-state index in [1.165, 1.54) is 28.6 Å². The number of esters is 1. The van der Waals surface area contributed by atoms with E-state index in [1.54, 1.807) is 23.9 Å². The van der Waals surface area contributed by atoms with Crippen molar-refractivity contribution in [3.05, 3.63) is 54.1 Å².